The fourth-order valence-electron chi connectivity index (χ4n) is 2.34. The molecular weight excluding hydrogens is 355 g/mol. The van der Waals surface area contributed by atoms with Crippen LogP contribution in [0.15, 0.2) is 54.9 Å². The number of hydrogen-bond donors (Lipinski definition) is 2. The molecule has 0 aliphatic heterocycles. The monoisotopic (exact) mass is 370 g/mol. The number of nitrogens with zero attached hydrogens (tertiary/aromatic N) is 2. The summed E-state index contributed by atoms with van der Waals surface area (Å²) < 4.78 is 13.2. The zero-order valence-corrected chi connectivity index (χ0v) is 14.7. The van der Waals surface area contributed by atoms with Crippen molar-refractivity contribution in [3.05, 3.63) is 82.5 Å². The molecule has 3 aromatic rings. The van der Waals surface area contributed by atoms with Crippen LogP contribution in [0, 0.1) is 12.7 Å². The Labute approximate surface area is 155 Å². The minimum Gasteiger partial charge on any atom is -0.366 e. The van der Waals surface area contributed by atoms with Crippen molar-refractivity contribution in [2.45, 2.75) is 13.5 Å². The third-order valence-electron chi connectivity index (χ3n) is 3.80. The lowest BCUT2D eigenvalue weighted by Crippen LogP contribution is -2.15. The van der Waals surface area contributed by atoms with E-state index in [2.05, 4.69) is 20.6 Å². The van der Waals surface area contributed by atoms with Crippen LogP contribution in [0.2, 0.25) is 5.02 Å². The van der Waals surface area contributed by atoms with Crippen LogP contribution in [-0.2, 0) is 6.54 Å². The second-order valence-electron chi connectivity index (χ2n) is 5.65. The Morgan fingerprint density at radius 3 is 2.73 bits per heavy atom. The minimum absolute atomic E-state index is 0.0638. The van der Waals surface area contributed by atoms with E-state index in [0.29, 0.717) is 18.1 Å². The first-order chi connectivity index (χ1) is 12.5. The number of nitrogens with one attached hydrogen (secondary N) is 2. The van der Waals surface area contributed by atoms with Gasteiger partial charge in [0, 0.05) is 18.3 Å². The third kappa shape index (κ3) is 4.34. The van der Waals surface area contributed by atoms with Gasteiger partial charge in [-0.3, -0.25) is 4.79 Å². The second kappa shape index (κ2) is 7.93. The van der Waals surface area contributed by atoms with Crippen LogP contribution in [-0.4, -0.2) is 15.9 Å². The van der Waals surface area contributed by atoms with E-state index in [0.717, 1.165) is 5.56 Å². The number of amides is 1. The average molecular weight is 371 g/mol. The lowest BCUT2D eigenvalue weighted by Gasteiger charge is -2.09. The van der Waals surface area contributed by atoms with E-state index in [1.54, 1.807) is 6.07 Å². The molecule has 0 aliphatic rings. The molecule has 0 bridgehead atoms. The first-order valence-corrected chi connectivity index (χ1v) is 8.27. The van der Waals surface area contributed by atoms with E-state index < -0.39 is 11.7 Å². The van der Waals surface area contributed by atoms with E-state index in [1.807, 2.05) is 31.2 Å². The second-order valence-corrected chi connectivity index (χ2v) is 6.06. The Hall–Kier alpha value is -2.99. The number of benzene rings is 2. The summed E-state index contributed by atoms with van der Waals surface area (Å²) in [6.07, 6.45) is 1.31. The summed E-state index contributed by atoms with van der Waals surface area (Å²) in [5, 5.41) is 5.74. The molecule has 0 unspecified atom stereocenters. The highest BCUT2D eigenvalue weighted by atomic mass is 35.5. The summed E-state index contributed by atoms with van der Waals surface area (Å²) in [5.41, 5.74) is 2.88. The molecule has 7 heteroatoms. The van der Waals surface area contributed by atoms with Crippen LogP contribution in [0.25, 0.3) is 0 Å². The summed E-state index contributed by atoms with van der Waals surface area (Å²) in [7, 11) is 0. The molecule has 0 atom stereocenters. The molecule has 0 saturated heterocycles. The van der Waals surface area contributed by atoms with Gasteiger partial charge in [-0.25, -0.2) is 14.4 Å². The maximum Gasteiger partial charge on any atom is 0.274 e. The lowest BCUT2D eigenvalue weighted by molar-refractivity contribution is 0.102. The molecule has 0 radical (unpaired) electrons. The van der Waals surface area contributed by atoms with Crippen molar-refractivity contribution in [3.63, 3.8) is 0 Å². The first kappa shape index (κ1) is 17.8. The lowest BCUT2D eigenvalue weighted by atomic mass is 10.1. The summed E-state index contributed by atoms with van der Waals surface area (Å²) in [6.45, 7) is 2.61. The summed E-state index contributed by atoms with van der Waals surface area (Å²) in [4.78, 5) is 20.4. The molecule has 0 fully saturated rings. The van der Waals surface area contributed by atoms with Crippen molar-refractivity contribution in [1.29, 1.82) is 0 Å². The van der Waals surface area contributed by atoms with E-state index in [-0.39, 0.29) is 10.7 Å². The van der Waals surface area contributed by atoms with Crippen molar-refractivity contribution >= 4 is 29.0 Å². The average Bonchev–Trinajstić information content (AvgIpc) is 2.64. The van der Waals surface area contributed by atoms with Gasteiger partial charge in [0.1, 0.15) is 23.7 Å². The molecule has 5 nitrogen and oxygen atoms in total. The van der Waals surface area contributed by atoms with Gasteiger partial charge in [0.2, 0.25) is 0 Å². The standard InChI is InChI=1S/C19H16ClFN4O/c1-12-4-2-3-5-13(12)10-22-18-9-17(23-11-24-18)19(26)25-14-6-7-16(21)15(20)8-14/h2-9,11H,10H2,1H3,(H,25,26)(H,22,23,24). The maximum atomic E-state index is 13.2. The van der Waals surface area contributed by atoms with Crippen molar-refractivity contribution < 1.29 is 9.18 Å². The van der Waals surface area contributed by atoms with Crippen LogP contribution >= 0.6 is 11.6 Å². The van der Waals surface area contributed by atoms with Crippen molar-refractivity contribution in [2.24, 2.45) is 0 Å². The molecule has 1 aromatic heterocycles. The molecule has 2 aromatic carbocycles. The highest BCUT2D eigenvalue weighted by Crippen LogP contribution is 2.20. The van der Waals surface area contributed by atoms with E-state index >= 15 is 0 Å². The molecule has 1 heterocycles. The van der Waals surface area contributed by atoms with Gasteiger partial charge in [-0.1, -0.05) is 35.9 Å². The van der Waals surface area contributed by atoms with E-state index in [9.17, 15) is 9.18 Å². The Balaban J connectivity index is 1.69. The number of aryl methyl sites for hydroxylation is 1. The number of carbonyl (C=O) groups excluding carboxylic acids is 1. The van der Waals surface area contributed by atoms with Gasteiger partial charge in [0.05, 0.1) is 5.02 Å². The first-order valence-electron chi connectivity index (χ1n) is 7.90. The zero-order chi connectivity index (χ0) is 18.5. The Morgan fingerprint density at radius 1 is 1.15 bits per heavy atom. The van der Waals surface area contributed by atoms with Crippen LogP contribution < -0.4 is 10.6 Å². The molecule has 0 aliphatic carbocycles. The minimum atomic E-state index is -0.547. The smallest absolute Gasteiger partial charge is 0.274 e. The molecule has 26 heavy (non-hydrogen) atoms. The quantitative estimate of drug-likeness (QED) is 0.696. The molecule has 0 spiro atoms. The van der Waals surface area contributed by atoms with Crippen molar-refractivity contribution in [3.8, 4) is 0 Å². The molecular formula is C19H16ClFN4O. The van der Waals surface area contributed by atoms with Crippen LogP contribution in [0.3, 0.4) is 0 Å². The maximum absolute atomic E-state index is 13.2. The molecule has 1 amide bonds. The van der Waals surface area contributed by atoms with Gasteiger partial charge in [-0.2, -0.15) is 0 Å². The Bertz CT molecular complexity index is 948. The fraction of sp³-hybridized carbons (Fsp3) is 0.105. The number of halogens is 2. The van der Waals surface area contributed by atoms with Gasteiger partial charge in [-0.05, 0) is 36.2 Å². The summed E-state index contributed by atoms with van der Waals surface area (Å²) in [5.74, 6) is -0.450. The van der Waals surface area contributed by atoms with Crippen molar-refractivity contribution in [1.82, 2.24) is 9.97 Å². The number of anilines is 2. The van der Waals surface area contributed by atoms with Gasteiger partial charge in [0.25, 0.3) is 5.91 Å². The molecule has 2 N–H and O–H groups in total. The normalized spacial score (nSPS) is 10.4. The summed E-state index contributed by atoms with van der Waals surface area (Å²) >= 11 is 5.72. The molecule has 132 valence electrons. The Morgan fingerprint density at radius 2 is 1.96 bits per heavy atom. The van der Waals surface area contributed by atoms with E-state index in [1.165, 1.54) is 30.1 Å². The largest absolute Gasteiger partial charge is 0.366 e. The highest BCUT2D eigenvalue weighted by Gasteiger charge is 2.10. The predicted molar refractivity (Wildman–Crippen MR) is 99.9 cm³/mol. The SMILES string of the molecule is Cc1ccccc1CNc1cc(C(=O)Nc2ccc(F)c(Cl)c2)ncn1. The topological polar surface area (TPSA) is 66.9 Å². The van der Waals surface area contributed by atoms with Crippen molar-refractivity contribution in [2.75, 3.05) is 10.6 Å². The van der Waals surface area contributed by atoms with Crippen LogP contribution in [0.1, 0.15) is 21.6 Å². The number of carbonyl (C=O) groups is 1. The molecule has 0 saturated carbocycles. The fourth-order valence-corrected chi connectivity index (χ4v) is 2.52. The van der Waals surface area contributed by atoms with Gasteiger partial charge in [0.15, 0.2) is 0 Å². The van der Waals surface area contributed by atoms with Gasteiger partial charge in [-0.15, -0.1) is 0 Å². The zero-order valence-electron chi connectivity index (χ0n) is 14.0. The number of hydrogen-bond acceptors (Lipinski definition) is 4. The number of rotatable bonds is 5. The Kier molecular flexibility index (Phi) is 5.43. The highest BCUT2D eigenvalue weighted by molar-refractivity contribution is 6.31. The van der Waals surface area contributed by atoms with Crippen LogP contribution in [0.4, 0.5) is 15.9 Å². The van der Waals surface area contributed by atoms with Gasteiger partial charge < -0.3 is 10.6 Å². The molecule has 3 rings (SSSR count). The van der Waals surface area contributed by atoms with Crippen LogP contribution in [0.5, 0.6) is 0 Å². The van der Waals surface area contributed by atoms with Gasteiger partial charge >= 0.3 is 0 Å². The number of aromatic nitrogens is 2. The predicted octanol–water partition coefficient (Wildman–Crippen LogP) is 4.44. The third-order valence-corrected chi connectivity index (χ3v) is 4.09. The summed E-state index contributed by atoms with van der Waals surface area (Å²) in [6, 6.07) is 13.5. The van der Waals surface area contributed by atoms with E-state index in [4.69, 9.17) is 11.6 Å².